The Balaban J connectivity index is 1.33. The number of hydrogen-bond donors (Lipinski definition) is 1. The quantitative estimate of drug-likeness (QED) is 0.597. The van der Waals surface area contributed by atoms with Gasteiger partial charge in [-0.05, 0) is 68.1 Å². The first-order valence-corrected chi connectivity index (χ1v) is 11.8. The molecule has 0 radical (unpaired) electrons. The molecule has 3 aromatic rings. The first kappa shape index (κ1) is 22.5. The molecule has 1 aliphatic rings. The Morgan fingerprint density at radius 3 is 2.50 bits per heavy atom. The van der Waals surface area contributed by atoms with Crippen LogP contribution in [0, 0.1) is 6.92 Å². The Morgan fingerprint density at radius 1 is 1.03 bits per heavy atom. The van der Waals surface area contributed by atoms with Gasteiger partial charge in [0.25, 0.3) is 0 Å². The van der Waals surface area contributed by atoms with Crippen molar-refractivity contribution in [1.29, 1.82) is 0 Å². The molecule has 1 amide bonds. The minimum atomic E-state index is 0.0726. The van der Waals surface area contributed by atoms with Crippen molar-refractivity contribution in [2.24, 2.45) is 0 Å². The lowest BCUT2D eigenvalue weighted by atomic mass is 10.0. The number of nitrogens with one attached hydrogen (secondary N) is 1. The van der Waals surface area contributed by atoms with E-state index in [9.17, 15) is 4.79 Å². The number of amides is 1. The van der Waals surface area contributed by atoms with Crippen LogP contribution in [-0.4, -0.2) is 53.4 Å². The van der Waals surface area contributed by atoms with E-state index in [1.165, 1.54) is 16.7 Å². The third-order valence-corrected chi connectivity index (χ3v) is 6.26. The van der Waals surface area contributed by atoms with Crippen LogP contribution in [0.3, 0.4) is 0 Å². The molecule has 6 nitrogen and oxygen atoms in total. The summed E-state index contributed by atoms with van der Waals surface area (Å²) in [6, 6.07) is 12.4. The second-order valence-electron chi connectivity index (χ2n) is 8.69. The smallest absolute Gasteiger partial charge is 0.238 e. The van der Waals surface area contributed by atoms with Crippen LogP contribution in [0.25, 0.3) is 11.1 Å². The van der Waals surface area contributed by atoms with E-state index in [2.05, 4.69) is 65.1 Å². The normalized spacial score (nSPS) is 15.7. The molecule has 0 spiro atoms. The van der Waals surface area contributed by atoms with Gasteiger partial charge in [0.1, 0.15) is 5.52 Å². The van der Waals surface area contributed by atoms with Crippen molar-refractivity contribution in [2.45, 2.75) is 46.6 Å². The summed E-state index contributed by atoms with van der Waals surface area (Å²) in [4.78, 5) is 22.1. The molecule has 2 aromatic carbocycles. The van der Waals surface area contributed by atoms with E-state index in [0.717, 1.165) is 68.1 Å². The summed E-state index contributed by atoms with van der Waals surface area (Å²) in [6.45, 7) is 11.1. The zero-order valence-electron chi connectivity index (χ0n) is 19.5. The van der Waals surface area contributed by atoms with Gasteiger partial charge in [0.15, 0.2) is 5.58 Å². The molecule has 0 saturated carbocycles. The van der Waals surface area contributed by atoms with E-state index < -0.39 is 0 Å². The topological polar surface area (TPSA) is 61.6 Å². The number of carbonyl (C=O) groups excluding carboxylic acids is 1. The van der Waals surface area contributed by atoms with Gasteiger partial charge in [-0.25, -0.2) is 4.98 Å². The Bertz CT molecular complexity index is 1050. The number of fused-ring (bicyclic) bond motifs is 1. The first-order valence-electron chi connectivity index (χ1n) is 11.8. The van der Waals surface area contributed by atoms with Gasteiger partial charge >= 0.3 is 0 Å². The highest BCUT2D eigenvalue weighted by Crippen LogP contribution is 2.23. The summed E-state index contributed by atoms with van der Waals surface area (Å²) < 4.78 is 5.96. The molecular formula is C26H34N4O2. The molecule has 6 heteroatoms. The van der Waals surface area contributed by atoms with Gasteiger partial charge in [0.05, 0.1) is 13.1 Å². The number of aryl methyl sites for hydroxylation is 3. The summed E-state index contributed by atoms with van der Waals surface area (Å²) >= 11 is 0. The maximum atomic E-state index is 12.8. The predicted molar refractivity (Wildman–Crippen MR) is 129 cm³/mol. The average Bonchev–Trinajstić information content (AvgIpc) is 3.05. The molecule has 0 atom stereocenters. The molecule has 4 rings (SSSR count). The van der Waals surface area contributed by atoms with Crippen LogP contribution in [-0.2, 0) is 24.2 Å². The van der Waals surface area contributed by atoms with E-state index in [1.54, 1.807) is 0 Å². The summed E-state index contributed by atoms with van der Waals surface area (Å²) in [5.41, 5.74) is 6.35. The number of anilines is 1. The molecule has 170 valence electrons. The van der Waals surface area contributed by atoms with Crippen LogP contribution in [0.15, 0.2) is 40.8 Å². The molecule has 0 unspecified atom stereocenters. The van der Waals surface area contributed by atoms with Gasteiger partial charge < -0.3 is 9.73 Å². The van der Waals surface area contributed by atoms with Crippen LogP contribution in [0.2, 0.25) is 0 Å². The maximum Gasteiger partial charge on any atom is 0.238 e. The number of rotatable bonds is 7. The van der Waals surface area contributed by atoms with Gasteiger partial charge in [0, 0.05) is 18.8 Å². The van der Waals surface area contributed by atoms with Gasteiger partial charge in [-0.2, -0.15) is 0 Å². The fraction of sp³-hybridized carbons (Fsp3) is 0.462. The lowest BCUT2D eigenvalue weighted by molar-refractivity contribution is -0.117. The fourth-order valence-corrected chi connectivity index (χ4v) is 4.46. The molecule has 0 aliphatic carbocycles. The average molecular weight is 435 g/mol. The summed E-state index contributed by atoms with van der Waals surface area (Å²) in [6.07, 6.45) is 2.85. The van der Waals surface area contributed by atoms with Crippen molar-refractivity contribution in [3.05, 3.63) is 59.0 Å². The molecule has 2 heterocycles. The lowest BCUT2D eigenvalue weighted by Gasteiger charge is -2.21. The zero-order chi connectivity index (χ0) is 22.5. The van der Waals surface area contributed by atoms with Gasteiger partial charge in [0.2, 0.25) is 11.8 Å². The fourth-order valence-electron chi connectivity index (χ4n) is 4.46. The minimum Gasteiger partial charge on any atom is -0.439 e. The van der Waals surface area contributed by atoms with Crippen LogP contribution in [0.1, 0.15) is 42.8 Å². The third-order valence-electron chi connectivity index (χ3n) is 6.26. The molecule has 1 N–H and O–H groups in total. The van der Waals surface area contributed by atoms with E-state index in [-0.39, 0.29) is 5.91 Å². The Morgan fingerprint density at radius 2 is 1.75 bits per heavy atom. The van der Waals surface area contributed by atoms with Crippen molar-refractivity contribution in [1.82, 2.24) is 14.8 Å². The van der Waals surface area contributed by atoms with E-state index >= 15 is 0 Å². The molecular weight excluding hydrogens is 400 g/mol. The van der Waals surface area contributed by atoms with Crippen LogP contribution in [0.4, 0.5) is 5.69 Å². The van der Waals surface area contributed by atoms with Gasteiger partial charge in [-0.15, -0.1) is 0 Å². The number of hydrogen-bond acceptors (Lipinski definition) is 5. The first-order chi connectivity index (χ1) is 15.6. The van der Waals surface area contributed by atoms with E-state index in [0.29, 0.717) is 13.1 Å². The maximum absolute atomic E-state index is 12.8. The summed E-state index contributed by atoms with van der Waals surface area (Å²) in [5, 5.41) is 3.20. The molecule has 1 saturated heterocycles. The van der Waals surface area contributed by atoms with E-state index in [1.807, 2.05) is 12.1 Å². The number of para-hydroxylation sites is 1. The van der Waals surface area contributed by atoms with Crippen LogP contribution >= 0.6 is 0 Å². The van der Waals surface area contributed by atoms with Crippen LogP contribution < -0.4 is 5.32 Å². The highest BCUT2D eigenvalue weighted by atomic mass is 16.3. The van der Waals surface area contributed by atoms with Crippen molar-refractivity contribution >= 4 is 22.7 Å². The molecule has 1 aromatic heterocycles. The SMILES string of the molecule is CCc1cccc(CC)c1NC(=O)CN1CCCN(Cc2nc3ccc(C)cc3o2)CC1. The summed E-state index contributed by atoms with van der Waals surface area (Å²) in [5.74, 6) is 0.837. The van der Waals surface area contributed by atoms with Crippen LogP contribution in [0.5, 0.6) is 0 Å². The van der Waals surface area contributed by atoms with Crippen molar-refractivity contribution in [2.75, 3.05) is 38.0 Å². The second kappa shape index (κ2) is 10.3. The van der Waals surface area contributed by atoms with Gasteiger partial charge in [-0.3, -0.25) is 14.6 Å². The lowest BCUT2D eigenvalue weighted by Crippen LogP contribution is -2.36. The highest BCUT2D eigenvalue weighted by molar-refractivity contribution is 5.93. The third kappa shape index (κ3) is 5.37. The molecule has 0 bridgehead atoms. The van der Waals surface area contributed by atoms with Crippen molar-refractivity contribution < 1.29 is 9.21 Å². The zero-order valence-corrected chi connectivity index (χ0v) is 19.5. The number of aromatic nitrogens is 1. The van der Waals surface area contributed by atoms with Gasteiger partial charge in [-0.1, -0.05) is 38.1 Å². The van der Waals surface area contributed by atoms with Crippen molar-refractivity contribution in [3.63, 3.8) is 0 Å². The largest absolute Gasteiger partial charge is 0.439 e. The second-order valence-corrected chi connectivity index (χ2v) is 8.69. The monoisotopic (exact) mass is 434 g/mol. The van der Waals surface area contributed by atoms with Crippen molar-refractivity contribution in [3.8, 4) is 0 Å². The molecule has 1 fully saturated rings. The number of benzene rings is 2. The Hall–Kier alpha value is -2.70. The van der Waals surface area contributed by atoms with E-state index in [4.69, 9.17) is 4.42 Å². The Labute approximate surface area is 190 Å². The number of nitrogens with zero attached hydrogens (tertiary/aromatic N) is 3. The highest BCUT2D eigenvalue weighted by Gasteiger charge is 2.20. The number of carbonyl (C=O) groups is 1. The number of oxazole rings is 1. The predicted octanol–water partition coefficient (Wildman–Crippen LogP) is 4.41. The Kier molecular flexibility index (Phi) is 7.22. The standard InChI is InChI=1S/C26H34N4O2/c1-4-20-8-6-9-21(5-2)26(20)28-24(31)17-29-12-7-13-30(15-14-29)18-25-27-22-11-10-19(3)16-23(22)32-25/h6,8-11,16H,4-5,7,12-15,17-18H2,1-3H3,(H,28,31). The minimum absolute atomic E-state index is 0.0726. The molecule has 1 aliphatic heterocycles. The summed E-state index contributed by atoms with van der Waals surface area (Å²) in [7, 11) is 0. The molecule has 32 heavy (non-hydrogen) atoms.